The van der Waals surface area contributed by atoms with Gasteiger partial charge in [-0.2, -0.15) is 0 Å². The molecular weight excluding hydrogens is 341 g/mol. The van der Waals surface area contributed by atoms with E-state index in [0.717, 1.165) is 16.6 Å². The summed E-state index contributed by atoms with van der Waals surface area (Å²) in [6.07, 6.45) is 0.944. The lowest BCUT2D eigenvalue weighted by molar-refractivity contribution is 0.259. The third kappa shape index (κ3) is 2.94. The third-order valence-electron chi connectivity index (χ3n) is 3.14. The smallest absolute Gasteiger partial charge is 0.138 e. The zero-order valence-corrected chi connectivity index (χ0v) is 13.0. The number of thioether (sulfide) groups is 1. The highest BCUT2D eigenvalue weighted by Gasteiger charge is 2.23. The Hall–Kier alpha value is -1.20. The fraction of sp³-hybridized carbons (Fsp3) is 0.200. The molecule has 0 spiro atoms. The van der Waals surface area contributed by atoms with E-state index in [-0.39, 0.29) is 11.9 Å². The molecule has 104 valence electrons. The molecule has 0 saturated heterocycles. The molecule has 1 aliphatic heterocycles. The zero-order chi connectivity index (χ0) is 14.1. The molecule has 1 aliphatic rings. The van der Waals surface area contributed by atoms with E-state index in [0.29, 0.717) is 16.3 Å². The number of fused-ring (bicyclic) bond motifs is 1. The summed E-state index contributed by atoms with van der Waals surface area (Å²) in [6.45, 7) is 0. The van der Waals surface area contributed by atoms with Crippen molar-refractivity contribution >= 4 is 33.4 Å². The van der Waals surface area contributed by atoms with Gasteiger partial charge >= 0.3 is 0 Å². The fourth-order valence-corrected chi connectivity index (χ4v) is 3.52. The predicted molar refractivity (Wildman–Crippen MR) is 83.8 cm³/mol. The fourth-order valence-electron chi connectivity index (χ4n) is 2.20. The molecule has 0 saturated carbocycles. The summed E-state index contributed by atoms with van der Waals surface area (Å²) in [5, 5.41) is 0. The Kier molecular flexibility index (Phi) is 3.89. The second-order valence-electron chi connectivity index (χ2n) is 4.70. The van der Waals surface area contributed by atoms with E-state index in [1.54, 1.807) is 12.1 Å². The average Bonchev–Trinajstić information content (AvgIpc) is 2.79. The average molecular weight is 354 g/mol. The lowest BCUT2D eigenvalue weighted by atomic mass is 10.1. The second kappa shape index (κ2) is 5.66. The Morgan fingerprint density at radius 1 is 1.30 bits per heavy atom. The van der Waals surface area contributed by atoms with E-state index in [4.69, 9.17) is 10.5 Å². The van der Waals surface area contributed by atoms with Crippen LogP contribution in [0, 0.1) is 5.82 Å². The zero-order valence-electron chi connectivity index (χ0n) is 10.6. The van der Waals surface area contributed by atoms with Crippen LogP contribution < -0.4 is 10.5 Å². The number of halogens is 2. The minimum atomic E-state index is -0.270. The maximum absolute atomic E-state index is 13.7. The summed E-state index contributed by atoms with van der Waals surface area (Å²) in [5.74, 6) is 1.37. The molecule has 2 aromatic carbocycles. The van der Waals surface area contributed by atoms with Crippen LogP contribution in [0.3, 0.4) is 0 Å². The summed E-state index contributed by atoms with van der Waals surface area (Å²) >= 11 is 4.92. The van der Waals surface area contributed by atoms with E-state index in [2.05, 4.69) is 22.0 Å². The second-order valence-corrected chi connectivity index (χ2v) is 6.67. The van der Waals surface area contributed by atoms with Gasteiger partial charge in [0.1, 0.15) is 17.7 Å². The molecule has 0 amide bonds. The van der Waals surface area contributed by atoms with Crippen LogP contribution in [0.5, 0.6) is 5.75 Å². The highest BCUT2D eigenvalue weighted by atomic mass is 79.9. The molecule has 0 fully saturated rings. The van der Waals surface area contributed by atoms with Crippen molar-refractivity contribution in [1.29, 1.82) is 0 Å². The Labute approximate surface area is 129 Å². The minimum Gasteiger partial charge on any atom is -0.489 e. The normalized spacial score (nSPS) is 16.8. The highest BCUT2D eigenvalue weighted by molar-refractivity contribution is 9.10. The molecule has 1 heterocycles. The highest BCUT2D eigenvalue weighted by Crippen LogP contribution is 2.34. The predicted octanol–water partition coefficient (Wildman–Crippen LogP) is 4.27. The lowest BCUT2D eigenvalue weighted by Gasteiger charge is -2.10. The molecule has 5 heteroatoms. The number of rotatable bonds is 3. The van der Waals surface area contributed by atoms with Crippen molar-refractivity contribution in [2.24, 2.45) is 0 Å². The monoisotopic (exact) mass is 353 g/mol. The molecule has 0 aliphatic carbocycles. The Morgan fingerprint density at radius 2 is 2.15 bits per heavy atom. The van der Waals surface area contributed by atoms with Crippen molar-refractivity contribution in [2.75, 3.05) is 11.5 Å². The molecule has 20 heavy (non-hydrogen) atoms. The molecule has 1 unspecified atom stereocenters. The Balaban J connectivity index is 1.63. The van der Waals surface area contributed by atoms with Crippen LogP contribution in [-0.2, 0) is 6.42 Å². The van der Waals surface area contributed by atoms with Crippen molar-refractivity contribution in [1.82, 2.24) is 0 Å². The summed E-state index contributed by atoms with van der Waals surface area (Å²) in [6, 6.07) is 10.8. The van der Waals surface area contributed by atoms with Crippen molar-refractivity contribution < 1.29 is 9.13 Å². The maximum Gasteiger partial charge on any atom is 0.138 e. The molecular formula is C15H13BrFNOS. The van der Waals surface area contributed by atoms with Crippen LogP contribution in [0.2, 0.25) is 0 Å². The van der Waals surface area contributed by atoms with Crippen LogP contribution >= 0.6 is 27.7 Å². The van der Waals surface area contributed by atoms with Crippen LogP contribution in [0.25, 0.3) is 0 Å². The van der Waals surface area contributed by atoms with E-state index in [9.17, 15) is 4.39 Å². The van der Waals surface area contributed by atoms with Gasteiger partial charge in [0.05, 0.1) is 0 Å². The first-order valence-corrected chi connectivity index (χ1v) is 8.02. The van der Waals surface area contributed by atoms with Gasteiger partial charge in [-0.05, 0) is 42.0 Å². The van der Waals surface area contributed by atoms with Gasteiger partial charge in [0.25, 0.3) is 0 Å². The minimum absolute atomic E-state index is 0.0845. The van der Waals surface area contributed by atoms with Gasteiger partial charge in [-0.15, -0.1) is 11.8 Å². The molecule has 0 radical (unpaired) electrons. The largest absolute Gasteiger partial charge is 0.489 e. The number of nitrogens with two attached hydrogens (primary N) is 1. The topological polar surface area (TPSA) is 35.2 Å². The number of ether oxygens (including phenoxy) is 1. The first kappa shape index (κ1) is 13.8. The molecule has 0 aromatic heterocycles. The first-order valence-electron chi connectivity index (χ1n) is 6.25. The van der Waals surface area contributed by atoms with Crippen LogP contribution in [-0.4, -0.2) is 11.9 Å². The molecule has 1 atom stereocenters. The van der Waals surface area contributed by atoms with Crippen LogP contribution in [0.4, 0.5) is 10.1 Å². The van der Waals surface area contributed by atoms with Crippen LogP contribution in [0.15, 0.2) is 45.8 Å². The van der Waals surface area contributed by atoms with Gasteiger partial charge in [0, 0.05) is 27.2 Å². The van der Waals surface area contributed by atoms with Gasteiger partial charge < -0.3 is 10.5 Å². The quantitative estimate of drug-likeness (QED) is 0.661. The summed E-state index contributed by atoms with van der Waals surface area (Å²) < 4.78 is 20.6. The van der Waals surface area contributed by atoms with E-state index in [1.165, 1.54) is 23.4 Å². The van der Waals surface area contributed by atoms with Gasteiger partial charge in [-0.1, -0.05) is 15.9 Å². The molecule has 0 bridgehead atoms. The summed E-state index contributed by atoms with van der Waals surface area (Å²) in [4.78, 5) is 0.611. The number of nitrogen functional groups attached to an aromatic ring is 1. The molecule has 2 N–H and O–H groups in total. The van der Waals surface area contributed by atoms with E-state index >= 15 is 0 Å². The van der Waals surface area contributed by atoms with Crippen molar-refractivity contribution in [2.45, 2.75) is 17.4 Å². The Morgan fingerprint density at radius 3 is 2.95 bits per heavy atom. The molecule has 3 rings (SSSR count). The van der Waals surface area contributed by atoms with Gasteiger partial charge in [0.15, 0.2) is 0 Å². The maximum atomic E-state index is 13.7. The number of hydrogen-bond donors (Lipinski definition) is 1. The number of benzene rings is 2. The van der Waals surface area contributed by atoms with Crippen LogP contribution in [0.1, 0.15) is 5.56 Å². The summed E-state index contributed by atoms with van der Waals surface area (Å²) in [5.41, 5.74) is 7.18. The number of hydrogen-bond acceptors (Lipinski definition) is 3. The SMILES string of the molecule is Nc1ccc(SCC2Cc3cc(Br)ccc3O2)c(F)c1. The van der Waals surface area contributed by atoms with Crippen molar-refractivity contribution in [3.05, 3.63) is 52.3 Å². The van der Waals surface area contributed by atoms with Gasteiger partial charge in [0.2, 0.25) is 0 Å². The molecule has 2 aromatic rings. The molecule has 2 nitrogen and oxygen atoms in total. The van der Waals surface area contributed by atoms with Crippen molar-refractivity contribution in [3.63, 3.8) is 0 Å². The van der Waals surface area contributed by atoms with E-state index in [1.807, 2.05) is 12.1 Å². The third-order valence-corrected chi connectivity index (χ3v) is 4.82. The Bertz CT molecular complexity index is 650. The van der Waals surface area contributed by atoms with E-state index < -0.39 is 0 Å². The number of anilines is 1. The van der Waals surface area contributed by atoms with Gasteiger partial charge in [-0.25, -0.2) is 4.39 Å². The lowest BCUT2D eigenvalue weighted by Crippen LogP contribution is -2.15. The standard InChI is InChI=1S/C15H13BrFNOS/c16-10-1-3-14-9(5-10)6-12(19-14)8-20-15-4-2-11(18)7-13(15)17/h1-5,7,12H,6,8,18H2. The first-order chi connectivity index (χ1) is 9.61. The summed E-state index contributed by atoms with van der Waals surface area (Å²) in [7, 11) is 0. The van der Waals surface area contributed by atoms with Crippen molar-refractivity contribution in [3.8, 4) is 5.75 Å². The van der Waals surface area contributed by atoms with Gasteiger partial charge in [-0.3, -0.25) is 0 Å².